The van der Waals surface area contributed by atoms with E-state index in [9.17, 15) is 22.7 Å². The maximum atomic E-state index is 13.5. The second-order valence-corrected chi connectivity index (χ2v) is 3.55. The van der Waals surface area contributed by atoms with Crippen molar-refractivity contribution in [3.8, 4) is 17.0 Å². The number of rotatable bonds is 1. The van der Waals surface area contributed by atoms with Crippen LogP contribution in [-0.2, 0) is 11.3 Å². The number of hydrogen-bond acceptors (Lipinski definition) is 1. The van der Waals surface area contributed by atoms with Crippen LogP contribution in [0.15, 0.2) is 36.5 Å². The smallest absolute Gasteiger partial charge is 0.289 e. The van der Waals surface area contributed by atoms with Crippen molar-refractivity contribution in [1.29, 1.82) is 0 Å². The number of aromatic nitrogens is 1. The zero-order chi connectivity index (χ0) is 13.3. The van der Waals surface area contributed by atoms with Crippen LogP contribution in [0.25, 0.3) is 11.3 Å². The third kappa shape index (κ3) is 2.27. The van der Waals surface area contributed by atoms with Crippen molar-refractivity contribution in [3.05, 3.63) is 47.9 Å². The standard InChI is InChI=1S/C12H6F4NO/c13-9-5-7(12(14,15)16)6-17-11(9)8-3-1-2-4-10(8)18/h1-6H. The lowest BCUT2D eigenvalue weighted by molar-refractivity contribution is -0.138. The number of hydrogen-bond donors (Lipinski definition) is 0. The van der Waals surface area contributed by atoms with Crippen molar-refractivity contribution < 1.29 is 22.7 Å². The Kier molecular flexibility index (Phi) is 2.94. The van der Waals surface area contributed by atoms with E-state index in [-0.39, 0.29) is 11.3 Å². The first-order valence-corrected chi connectivity index (χ1v) is 4.89. The van der Waals surface area contributed by atoms with Crippen LogP contribution in [0.2, 0.25) is 0 Å². The maximum absolute atomic E-state index is 13.5. The Morgan fingerprint density at radius 2 is 1.78 bits per heavy atom. The fraction of sp³-hybridized carbons (Fsp3) is 0.0833. The fourth-order valence-electron chi connectivity index (χ4n) is 1.45. The molecule has 1 radical (unpaired) electrons. The average molecular weight is 256 g/mol. The quantitative estimate of drug-likeness (QED) is 0.708. The lowest BCUT2D eigenvalue weighted by Crippen LogP contribution is -2.06. The van der Waals surface area contributed by atoms with Crippen LogP contribution in [0.1, 0.15) is 5.56 Å². The molecule has 0 amide bonds. The Bertz CT molecular complexity index is 581. The summed E-state index contributed by atoms with van der Waals surface area (Å²) in [6, 6.07) is 5.76. The molecule has 0 aliphatic carbocycles. The lowest BCUT2D eigenvalue weighted by Gasteiger charge is -2.08. The zero-order valence-corrected chi connectivity index (χ0v) is 8.83. The first kappa shape index (κ1) is 12.3. The highest BCUT2D eigenvalue weighted by molar-refractivity contribution is 5.67. The molecule has 0 bridgehead atoms. The molecular formula is C12H6F4NO. The topological polar surface area (TPSA) is 32.8 Å². The Labute approximate surface area is 99.5 Å². The number of halogens is 4. The minimum Gasteiger partial charge on any atom is -0.289 e. The van der Waals surface area contributed by atoms with Crippen LogP contribution in [0, 0.1) is 5.82 Å². The largest absolute Gasteiger partial charge is 0.417 e. The molecule has 1 heterocycles. The Morgan fingerprint density at radius 3 is 2.33 bits per heavy atom. The van der Waals surface area contributed by atoms with Crippen LogP contribution in [-0.4, -0.2) is 4.98 Å². The normalized spacial score (nSPS) is 11.6. The highest BCUT2D eigenvalue weighted by Crippen LogP contribution is 2.33. The average Bonchev–Trinajstić information content (AvgIpc) is 2.29. The van der Waals surface area contributed by atoms with Crippen molar-refractivity contribution in [2.75, 3.05) is 0 Å². The minimum absolute atomic E-state index is 0.0660. The van der Waals surface area contributed by atoms with Gasteiger partial charge in [0, 0.05) is 6.20 Å². The second kappa shape index (κ2) is 4.29. The first-order chi connectivity index (χ1) is 8.39. The summed E-state index contributed by atoms with van der Waals surface area (Å²) >= 11 is 0. The van der Waals surface area contributed by atoms with Gasteiger partial charge in [0.1, 0.15) is 11.5 Å². The van der Waals surface area contributed by atoms with Crippen molar-refractivity contribution in [3.63, 3.8) is 0 Å². The molecule has 0 aliphatic heterocycles. The molecule has 2 aromatic rings. The van der Waals surface area contributed by atoms with Crippen molar-refractivity contribution >= 4 is 0 Å². The molecule has 18 heavy (non-hydrogen) atoms. The molecule has 2 nitrogen and oxygen atoms in total. The molecule has 0 fully saturated rings. The zero-order valence-electron chi connectivity index (χ0n) is 8.83. The molecule has 93 valence electrons. The molecule has 1 aromatic carbocycles. The van der Waals surface area contributed by atoms with E-state index < -0.39 is 23.3 Å². The number of benzene rings is 1. The number of pyridine rings is 1. The van der Waals surface area contributed by atoms with E-state index in [1.54, 1.807) is 0 Å². The van der Waals surface area contributed by atoms with E-state index in [0.717, 1.165) is 0 Å². The molecular weight excluding hydrogens is 250 g/mol. The Balaban J connectivity index is 2.52. The van der Waals surface area contributed by atoms with Crippen LogP contribution in [0.4, 0.5) is 17.6 Å². The van der Waals surface area contributed by atoms with Crippen LogP contribution in [0.3, 0.4) is 0 Å². The summed E-state index contributed by atoms with van der Waals surface area (Å²) < 4.78 is 50.5. The summed E-state index contributed by atoms with van der Waals surface area (Å²) in [7, 11) is 0. The van der Waals surface area contributed by atoms with E-state index in [0.29, 0.717) is 12.3 Å². The third-order valence-electron chi connectivity index (χ3n) is 2.31. The van der Waals surface area contributed by atoms with Gasteiger partial charge in [0.15, 0.2) is 5.75 Å². The highest BCUT2D eigenvalue weighted by atomic mass is 19.4. The molecule has 0 atom stereocenters. The van der Waals surface area contributed by atoms with Crippen LogP contribution >= 0.6 is 0 Å². The predicted molar refractivity (Wildman–Crippen MR) is 54.8 cm³/mol. The summed E-state index contributed by atoms with van der Waals surface area (Å²) in [6.45, 7) is 0. The van der Waals surface area contributed by atoms with Crippen molar-refractivity contribution in [2.24, 2.45) is 0 Å². The van der Waals surface area contributed by atoms with Gasteiger partial charge in [-0.1, -0.05) is 12.1 Å². The van der Waals surface area contributed by atoms with Gasteiger partial charge in [-0.05, 0) is 18.2 Å². The number of nitrogens with zero attached hydrogens (tertiary/aromatic N) is 1. The predicted octanol–water partition coefficient (Wildman–Crippen LogP) is 4.05. The van der Waals surface area contributed by atoms with E-state index in [2.05, 4.69) is 4.98 Å². The van der Waals surface area contributed by atoms with E-state index in [1.807, 2.05) is 0 Å². The SMILES string of the molecule is [O]c1ccccc1-c1ncc(C(F)(F)F)cc1F. The monoisotopic (exact) mass is 256 g/mol. The van der Waals surface area contributed by atoms with Gasteiger partial charge >= 0.3 is 6.18 Å². The fourth-order valence-corrected chi connectivity index (χ4v) is 1.45. The van der Waals surface area contributed by atoms with Gasteiger partial charge in [-0.15, -0.1) is 0 Å². The highest BCUT2D eigenvalue weighted by Gasteiger charge is 2.32. The minimum atomic E-state index is -4.66. The molecule has 0 saturated carbocycles. The van der Waals surface area contributed by atoms with Gasteiger partial charge in [-0.25, -0.2) is 4.39 Å². The van der Waals surface area contributed by atoms with Crippen LogP contribution in [0.5, 0.6) is 5.75 Å². The molecule has 0 N–H and O–H groups in total. The molecule has 0 unspecified atom stereocenters. The molecule has 0 aliphatic rings. The second-order valence-electron chi connectivity index (χ2n) is 3.55. The first-order valence-electron chi connectivity index (χ1n) is 4.89. The van der Waals surface area contributed by atoms with Crippen molar-refractivity contribution in [1.82, 2.24) is 4.98 Å². The van der Waals surface area contributed by atoms with Gasteiger partial charge in [-0.3, -0.25) is 10.1 Å². The van der Waals surface area contributed by atoms with Gasteiger partial charge in [0.05, 0.1) is 11.1 Å². The van der Waals surface area contributed by atoms with E-state index in [1.165, 1.54) is 24.3 Å². The van der Waals surface area contributed by atoms with Gasteiger partial charge < -0.3 is 0 Å². The van der Waals surface area contributed by atoms with Gasteiger partial charge in [-0.2, -0.15) is 13.2 Å². The summed E-state index contributed by atoms with van der Waals surface area (Å²) in [5.41, 5.74) is -1.63. The van der Waals surface area contributed by atoms with Crippen molar-refractivity contribution in [2.45, 2.75) is 6.18 Å². The van der Waals surface area contributed by atoms with E-state index >= 15 is 0 Å². The van der Waals surface area contributed by atoms with Gasteiger partial charge in [0.2, 0.25) is 0 Å². The summed E-state index contributed by atoms with van der Waals surface area (Å²) in [4.78, 5) is 3.38. The maximum Gasteiger partial charge on any atom is 0.417 e. The molecule has 6 heteroatoms. The molecule has 0 saturated heterocycles. The lowest BCUT2D eigenvalue weighted by atomic mass is 10.1. The Hall–Kier alpha value is -2.11. The number of para-hydroxylation sites is 1. The summed E-state index contributed by atoms with van der Waals surface area (Å²) in [5.74, 6) is -1.67. The summed E-state index contributed by atoms with van der Waals surface area (Å²) in [6.07, 6.45) is -4.16. The third-order valence-corrected chi connectivity index (χ3v) is 2.31. The van der Waals surface area contributed by atoms with Crippen LogP contribution < -0.4 is 0 Å². The molecule has 1 aromatic heterocycles. The summed E-state index contributed by atoms with van der Waals surface area (Å²) in [5, 5.41) is 11.4. The molecule has 0 spiro atoms. The number of alkyl halides is 3. The van der Waals surface area contributed by atoms with Gasteiger partial charge in [0.25, 0.3) is 0 Å². The molecule has 2 rings (SSSR count). The van der Waals surface area contributed by atoms with E-state index in [4.69, 9.17) is 0 Å². The Morgan fingerprint density at radius 1 is 1.11 bits per heavy atom.